The lowest BCUT2D eigenvalue weighted by atomic mass is 9.86. The third kappa shape index (κ3) is 3.39. The SMILES string of the molecule is Cc1c(Br)cccc1C(=O)NC1CCC(C(=O)O)CC1. The molecular formula is C15H18BrNO3. The summed E-state index contributed by atoms with van der Waals surface area (Å²) in [6.45, 7) is 1.90. The molecule has 1 saturated carbocycles. The van der Waals surface area contributed by atoms with Gasteiger partial charge in [-0.1, -0.05) is 22.0 Å². The summed E-state index contributed by atoms with van der Waals surface area (Å²) in [7, 11) is 0. The molecule has 4 nitrogen and oxygen atoms in total. The van der Waals surface area contributed by atoms with E-state index in [0.717, 1.165) is 22.9 Å². The van der Waals surface area contributed by atoms with E-state index >= 15 is 0 Å². The standard InChI is InChI=1S/C15H18BrNO3/c1-9-12(3-2-4-13(9)16)14(18)17-11-7-5-10(6-8-11)15(19)20/h2-4,10-11H,5-8H2,1H3,(H,17,18)(H,19,20). The molecule has 5 heteroatoms. The second-order valence-corrected chi connectivity index (χ2v) is 6.13. The first-order valence-corrected chi connectivity index (χ1v) is 7.57. The Bertz CT molecular complexity index is 522. The van der Waals surface area contributed by atoms with Crippen LogP contribution in [-0.2, 0) is 4.79 Å². The monoisotopic (exact) mass is 339 g/mol. The zero-order valence-corrected chi connectivity index (χ0v) is 12.9. The Kier molecular flexibility index (Phi) is 4.81. The maximum Gasteiger partial charge on any atom is 0.306 e. The topological polar surface area (TPSA) is 66.4 Å². The Morgan fingerprint density at radius 2 is 1.90 bits per heavy atom. The van der Waals surface area contributed by atoms with Gasteiger partial charge in [0.05, 0.1) is 5.92 Å². The molecule has 1 aliphatic carbocycles. The zero-order valence-electron chi connectivity index (χ0n) is 11.4. The molecule has 1 amide bonds. The minimum Gasteiger partial charge on any atom is -0.481 e. The lowest BCUT2D eigenvalue weighted by Crippen LogP contribution is -2.39. The zero-order chi connectivity index (χ0) is 14.7. The van der Waals surface area contributed by atoms with Gasteiger partial charge in [-0.2, -0.15) is 0 Å². The van der Waals surface area contributed by atoms with Gasteiger partial charge >= 0.3 is 5.97 Å². The number of hydrogen-bond acceptors (Lipinski definition) is 2. The number of amides is 1. The first kappa shape index (κ1) is 15.0. The van der Waals surface area contributed by atoms with Crippen molar-refractivity contribution in [3.63, 3.8) is 0 Å². The van der Waals surface area contributed by atoms with Crippen molar-refractivity contribution in [2.45, 2.75) is 38.6 Å². The highest BCUT2D eigenvalue weighted by atomic mass is 79.9. The van der Waals surface area contributed by atoms with Crippen LogP contribution in [0.5, 0.6) is 0 Å². The molecule has 0 bridgehead atoms. The van der Waals surface area contributed by atoms with Gasteiger partial charge in [0.2, 0.25) is 0 Å². The Labute approximate surface area is 126 Å². The molecule has 1 aromatic carbocycles. The average Bonchev–Trinajstić information content (AvgIpc) is 2.42. The van der Waals surface area contributed by atoms with Gasteiger partial charge in [0.15, 0.2) is 0 Å². The Morgan fingerprint density at radius 3 is 2.50 bits per heavy atom. The van der Waals surface area contributed by atoms with Crippen LogP contribution < -0.4 is 5.32 Å². The first-order valence-electron chi connectivity index (χ1n) is 6.78. The van der Waals surface area contributed by atoms with Gasteiger partial charge in [-0.15, -0.1) is 0 Å². The van der Waals surface area contributed by atoms with E-state index in [0.29, 0.717) is 18.4 Å². The molecule has 108 valence electrons. The summed E-state index contributed by atoms with van der Waals surface area (Å²) in [5, 5.41) is 12.0. The van der Waals surface area contributed by atoms with Crippen molar-refractivity contribution in [3.05, 3.63) is 33.8 Å². The highest BCUT2D eigenvalue weighted by molar-refractivity contribution is 9.10. The fraction of sp³-hybridized carbons (Fsp3) is 0.467. The molecule has 1 aromatic rings. The van der Waals surface area contributed by atoms with Gasteiger partial charge in [0, 0.05) is 16.1 Å². The van der Waals surface area contributed by atoms with Crippen molar-refractivity contribution in [1.82, 2.24) is 5.32 Å². The number of aliphatic carboxylic acids is 1. The van der Waals surface area contributed by atoms with Gasteiger partial charge in [-0.25, -0.2) is 0 Å². The predicted octanol–water partition coefficient (Wildman–Crippen LogP) is 3.13. The third-order valence-corrected chi connectivity index (χ3v) is 4.78. The molecule has 0 saturated heterocycles. The third-order valence-electron chi connectivity index (χ3n) is 3.92. The van der Waals surface area contributed by atoms with Gasteiger partial charge in [0.25, 0.3) is 5.91 Å². The van der Waals surface area contributed by atoms with Crippen LogP contribution in [-0.4, -0.2) is 23.0 Å². The quantitative estimate of drug-likeness (QED) is 0.888. The van der Waals surface area contributed by atoms with Crippen molar-refractivity contribution in [2.24, 2.45) is 5.92 Å². The molecule has 0 aromatic heterocycles. The van der Waals surface area contributed by atoms with E-state index in [9.17, 15) is 9.59 Å². The number of carboxylic acid groups (broad SMARTS) is 1. The summed E-state index contributed by atoms with van der Waals surface area (Å²) in [4.78, 5) is 23.1. The number of carbonyl (C=O) groups excluding carboxylic acids is 1. The van der Waals surface area contributed by atoms with Gasteiger partial charge in [0.1, 0.15) is 0 Å². The maximum absolute atomic E-state index is 12.3. The summed E-state index contributed by atoms with van der Waals surface area (Å²) in [6.07, 6.45) is 2.74. The van der Waals surface area contributed by atoms with E-state index in [2.05, 4.69) is 21.2 Å². The van der Waals surface area contributed by atoms with Crippen LogP contribution in [0.3, 0.4) is 0 Å². The van der Waals surface area contributed by atoms with Crippen molar-refractivity contribution in [1.29, 1.82) is 0 Å². The summed E-state index contributed by atoms with van der Waals surface area (Å²) < 4.78 is 0.916. The molecule has 0 radical (unpaired) electrons. The average molecular weight is 340 g/mol. The van der Waals surface area contributed by atoms with Crippen LogP contribution >= 0.6 is 15.9 Å². The molecule has 1 aliphatic rings. The number of carbonyl (C=O) groups is 2. The predicted molar refractivity (Wildman–Crippen MR) is 79.7 cm³/mol. The first-order chi connectivity index (χ1) is 9.49. The minimum atomic E-state index is -0.724. The summed E-state index contributed by atoms with van der Waals surface area (Å²) in [5.41, 5.74) is 1.59. The summed E-state index contributed by atoms with van der Waals surface area (Å²) in [5.74, 6) is -1.06. The lowest BCUT2D eigenvalue weighted by Gasteiger charge is -2.27. The van der Waals surface area contributed by atoms with E-state index in [1.165, 1.54) is 0 Å². The van der Waals surface area contributed by atoms with E-state index in [-0.39, 0.29) is 17.9 Å². The van der Waals surface area contributed by atoms with Crippen LogP contribution in [0.1, 0.15) is 41.6 Å². The number of rotatable bonds is 3. The molecule has 0 atom stereocenters. The smallest absolute Gasteiger partial charge is 0.306 e. The second kappa shape index (κ2) is 6.39. The highest BCUT2D eigenvalue weighted by Crippen LogP contribution is 2.25. The highest BCUT2D eigenvalue weighted by Gasteiger charge is 2.27. The number of halogens is 1. The molecule has 0 spiro atoms. The van der Waals surface area contributed by atoms with Gasteiger partial charge in [-0.05, 0) is 50.3 Å². The van der Waals surface area contributed by atoms with Crippen LogP contribution in [0.2, 0.25) is 0 Å². The molecule has 0 unspecified atom stereocenters. The number of hydrogen-bond donors (Lipinski definition) is 2. The number of nitrogens with one attached hydrogen (secondary N) is 1. The Morgan fingerprint density at radius 1 is 1.25 bits per heavy atom. The van der Waals surface area contributed by atoms with Crippen LogP contribution in [0, 0.1) is 12.8 Å². The largest absolute Gasteiger partial charge is 0.481 e. The van der Waals surface area contributed by atoms with E-state index in [1.54, 1.807) is 6.07 Å². The van der Waals surface area contributed by atoms with Crippen molar-refractivity contribution in [3.8, 4) is 0 Å². The van der Waals surface area contributed by atoms with E-state index in [4.69, 9.17) is 5.11 Å². The normalized spacial score (nSPS) is 22.3. The number of carboxylic acids is 1. The van der Waals surface area contributed by atoms with Crippen LogP contribution in [0.25, 0.3) is 0 Å². The molecule has 0 aliphatic heterocycles. The number of benzene rings is 1. The molecule has 1 fully saturated rings. The maximum atomic E-state index is 12.3. The fourth-order valence-corrected chi connectivity index (χ4v) is 2.97. The van der Waals surface area contributed by atoms with Crippen LogP contribution in [0.15, 0.2) is 22.7 Å². The molecular weight excluding hydrogens is 322 g/mol. The van der Waals surface area contributed by atoms with Gasteiger partial charge in [-0.3, -0.25) is 9.59 Å². The van der Waals surface area contributed by atoms with Crippen molar-refractivity contribution < 1.29 is 14.7 Å². The van der Waals surface area contributed by atoms with Crippen LogP contribution in [0.4, 0.5) is 0 Å². The van der Waals surface area contributed by atoms with Crippen molar-refractivity contribution in [2.75, 3.05) is 0 Å². The molecule has 0 heterocycles. The fourth-order valence-electron chi connectivity index (χ4n) is 2.60. The van der Waals surface area contributed by atoms with Crippen molar-refractivity contribution >= 4 is 27.8 Å². The molecule has 2 N–H and O–H groups in total. The molecule has 2 rings (SSSR count). The Balaban J connectivity index is 1.96. The minimum absolute atomic E-state index is 0.0801. The lowest BCUT2D eigenvalue weighted by molar-refractivity contribution is -0.142. The summed E-state index contributed by atoms with van der Waals surface area (Å²) >= 11 is 3.42. The Hall–Kier alpha value is -1.36. The van der Waals surface area contributed by atoms with E-state index < -0.39 is 5.97 Å². The molecule has 20 heavy (non-hydrogen) atoms. The second-order valence-electron chi connectivity index (χ2n) is 5.27. The van der Waals surface area contributed by atoms with Gasteiger partial charge < -0.3 is 10.4 Å². The summed E-state index contributed by atoms with van der Waals surface area (Å²) in [6, 6.07) is 5.63. The van der Waals surface area contributed by atoms with E-state index in [1.807, 2.05) is 19.1 Å².